The first-order valence-electron chi connectivity index (χ1n) is 10.0. The van der Waals surface area contributed by atoms with Crippen molar-refractivity contribution >= 4 is 27.5 Å². The monoisotopic (exact) mass is 512 g/mol. The Kier molecular flexibility index (Phi) is 8.34. The van der Waals surface area contributed by atoms with Crippen LogP contribution >= 0.6 is 11.8 Å². The summed E-state index contributed by atoms with van der Waals surface area (Å²) in [6.07, 6.45) is 0.470. The third-order valence-electron chi connectivity index (χ3n) is 4.92. The molecule has 0 spiro atoms. The third-order valence-corrected chi connectivity index (χ3v) is 6.93. The molecule has 0 saturated carbocycles. The fourth-order valence-electron chi connectivity index (χ4n) is 3.27. The molecule has 6 nitrogen and oxygen atoms in total. The Morgan fingerprint density at radius 2 is 1.59 bits per heavy atom. The second-order valence-electron chi connectivity index (χ2n) is 7.15. The van der Waals surface area contributed by atoms with Gasteiger partial charge in [0.15, 0.2) is 29.0 Å². The highest BCUT2D eigenvalue weighted by molar-refractivity contribution is 7.99. The molecule has 11 heteroatoms. The first kappa shape index (κ1) is 25.7. The predicted octanol–water partition coefficient (Wildman–Crippen LogP) is 4.72. The molecule has 0 radical (unpaired) electrons. The van der Waals surface area contributed by atoms with Gasteiger partial charge in [0.25, 0.3) is 0 Å². The quantitative estimate of drug-likeness (QED) is 0.302. The summed E-state index contributed by atoms with van der Waals surface area (Å²) in [6.45, 7) is -0.126. The van der Waals surface area contributed by atoms with E-state index in [0.29, 0.717) is 23.5 Å². The lowest BCUT2D eigenvalue weighted by molar-refractivity contribution is 0.354. The SMILES string of the molecule is COc1ccc(CNc2c(F)c(SCCc3ccccc3)c(F)c(F)c2S(N)(=O)=O)cc1OC. The molecule has 0 bridgehead atoms. The summed E-state index contributed by atoms with van der Waals surface area (Å²) in [5, 5.41) is 7.65. The number of primary sulfonamides is 1. The van der Waals surface area contributed by atoms with E-state index in [4.69, 9.17) is 14.6 Å². The number of thioether (sulfide) groups is 1. The number of rotatable bonds is 10. The third kappa shape index (κ3) is 5.78. The van der Waals surface area contributed by atoms with Crippen LogP contribution in [0.2, 0.25) is 0 Å². The zero-order valence-electron chi connectivity index (χ0n) is 18.4. The van der Waals surface area contributed by atoms with Gasteiger partial charge in [-0.3, -0.25) is 0 Å². The lowest BCUT2D eigenvalue weighted by Gasteiger charge is -2.17. The van der Waals surface area contributed by atoms with Crippen molar-refractivity contribution in [2.75, 3.05) is 25.3 Å². The van der Waals surface area contributed by atoms with Gasteiger partial charge in [-0.25, -0.2) is 26.7 Å². The van der Waals surface area contributed by atoms with E-state index in [-0.39, 0.29) is 12.3 Å². The first-order chi connectivity index (χ1) is 16.2. The number of hydrogen-bond donors (Lipinski definition) is 2. The van der Waals surface area contributed by atoms with Gasteiger partial charge in [0.05, 0.1) is 24.8 Å². The van der Waals surface area contributed by atoms with Crippen LogP contribution in [0.5, 0.6) is 11.5 Å². The lowest BCUT2D eigenvalue weighted by Crippen LogP contribution is -2.20. The minimum Gasteiger partial charge on any atom is -0.493 e. The maximum atomic E-state index is 15.3. The summed E-state index contributed by atoms with van der Waals surface area (Å²) in [5.74, 6) is -3.50. The molecule has 0 aromatic heterocycles. The van der Waals surface area contributed by atoms with E-state index in [1.54, 1.807) is 18.2 Å². The Bertz CT molecular complexity index is 1270. The summed E-state index contributed by atoms with van der Waals surface area (Å²) in [7, 11) is -1.90. The molecule has 182 valence electrons. The van der Waals surface area contributed by atoms with Crippen molar-refractivity contribution in [2.45, 2.75) is 22.8 Å². The van der Waals surface area contributed by atoms with Gasteiger partial charge in [0.1, 0.15) is 4.90 Å². The van der Waals surface area contributed by atoms with E-state index < -0.39 is 43.0 Å². The Balaban J connectivity index is 1.94. The van der Waals surface area contributed by atoms with Crippen molar-refractivity contribution in [2.24, 2.45) is 5.14 Å². The normalized spacial score (nSPS) is 11.4. The molecule has 0 unspecified atom stereocenters. The highest BCUT2D eigenvalue weighted by Crippen LogP contribution is 2.38. The number of aryl methyl sites for hydroxylation is 1. The van der Waals surface area contributed by atoms with Crippen LogP contribution in [0.25, 0.3) is 0 Å². The Morgan fingerprint density at radius 1 is 0.912 bits per heavy atom. The Hall–Kier alpha value is -2.89. The topological polar surface area (TPSA) is 90.6 Å². The molecule has 0 heterocycles. The summed E-state index contributed by atoms with van der Waals surface area (Å²) in [4.78, 5) is -1.90. The standard InChI is InChI=1S/C23H23F3N2O4S2/c1-31-16-9-8-15(12-17(16)32-2)13-28-21-20(26)22(18(24)19(25)23(21)34(27,29)30)33-11-10-14-6-4-3-5-7-14/h3-9,12,28H,10-11,13H2,1-2H3,(H2,27,29,30). The zero-order chi connectivity index (χ0) is 24.9. The zero-order valence-corrected chi connectivity index (χ0v) is 20.0. The molecule has 3 aromatic rings. The number of benzene rings is 3. The van der Waals surface area contributed by atoms with E-state index in [9.17, 15) is 17.2 Å². The molecule has 0 aliphatic heterocycles. The first-order valence-corrected chi connectivity index (χ1v) is 12.5. The molecule has 0 fully saturated rings. The van der Waals surface area contributed by atoms with Crippen molar-refractivity contribution < 1.29 is 31.1 Å². The van der Waals surface area contributed by atoms with E-state index in [1.165, 1.54) is 14.2 Å². The number of sulfonamides is 1. The van der Waals surface area contributed by atoms with E-state index in [1.807, 2.05) is 30.3 Å². The van der Waals surface area contributed by atoms with Crippen LogP contribution < -0.4 is 19.9 Å². The molecule has 3 rings (SSSR count). The van der Waals surface area contributed by atoms with Gasteiger partial charge in [0.2, 0.25) is 10.0 Å². The van der Waals surface area contributed by atoms with E-state index in [0.717, 1.165) is 17.3 Å². The number of nitrogens with one attached hydrogen (secondary N) is 1. The van der Waals surface area contributed by atoms with Gasteiger partial charge in [0, 0.05) is 12.3 Å². The van der Waals surface area contributed by atoms with Crippen LogP contribution in [-0.2, 0) is 23.0 Å². The number of methoxy groups -OCH3 is 2. The van der Waals surface area contributed by atoms with Gasteiger partial charge in [-0.1, -0.05) is 36.4 Å². The highest BCUT2D eigenvalue weighted by atomic mass is 32.2. The number of anilines is 1. The average molecular weight is 513 g/mol. The lowest BCUT2D eigenvalue weighted by atomic mass is 10.2. The second-order valence-corrected chi connectivity index (χ2v) is 9.75. The van der Waals surface area contributed by atoms with Gasteiger partial charge in [-0.15, -0.1) is 11.8 Å². The largest absolute Gasteiger partial charge is 0.493 e. The fraction of sp³-hybridized carbons (Fsp3) is 0.217. The molecule has 0 atom stereocenters. The number of hydrogen-bond acceptors (Lipinski definition) is 6. The number of nitrogens with two attached hydrogens (primary N) is 1. The molecule has 0 aliphatic carbocycles. The van der Waals surface area contributed by atoms with Gasteiger partial charge in [-0.05, 0) is 29.7 Å². The van der Waals surface area contributed by atoms with Crippen LogP contribution in [0.4, 0.5) is 18.9 Å². The molecule has 34 heavy (non-hydrogen) atoms. The number of ether oxygens (including phenoxy) is 2. The minimum absolute atomic E-state index is 0.126. The van der Waals surface area contributed by atoms with E-state index in [2.05, 4.69) is 5.32 Å². The fourth-order valence-corrected chi connectivity index (χ4v) is 5.04. The smallest absolute Gasteiger partial charge is 0.243 e. The van der Waals surface area contributed by atoms with Crippen LogP contribution in [0.3, 0.4) is 0 Å². The van der Waals surface area contributed by atoms with Gasteiger partial charge < -0.3 is 14.8 Å². The maximum Gasteiger partial charge on any atom is 0.243 e. The molecule has 3 aromatic carbocycles. The molecule has 0 amide bonds. The van der Waals surface area contributed by atoms with Crippen molar-refractivity contribution in [3.8, 4) is 11.5 Å². The summed E-state index contributed by atoms with van der Waals surface area (Å²) >= 11 is 0.747. The predicted molar refractivity (Wildman–Crippen MR) is 125 cm³/mol. The Morgan fingerprint density at radius 3 is 2.21 bits per heavy atom. The second kappa shape index (κ2) is 11.0. The molecular formula is C23H23F3N2O4S2. The van der Waals surface area contributed by atoms with Crippen LogP contribution in [0.1, 0.15) is 11.1 Å². The molecular weight excluding hydrogens is 489 g/mol. The van der Waals surface area contributed by atoms with Gasteiger partial charge in [-0.2, -0.15) is 0 Å². The van der Waals surface area contributed by atoms with E-state index >= 15 is 4.39 Å². The van der Waals surface area contributed by atoms with Crippen molar-refractivity contribution in [1.82, 2.24) is 0 Å². The summed E-state index contributed by atoms with van der Waals surface area (Å²) < 4.78 is 79.2. The maximum absolute atomic E-state index is 15.3. The average Bonchev–Trinajstić information content (AvgIpc) is 2.82. The van der Waals surface area contributed by atoms with Crippen molar-refractivity contribution in [3.63, 3.8) is 0 Å². The van der Waals surface area contributed by atoms with Crippen molar-refractivity contribution in [3.05, 3.63) is 77.1 Å². The highest BCUT2D eigenvalue weighted by Gasteiger charge is 2.31. The molecule has 3 N–H and O–H groups in total. The summed E-state index contributed by atoms with van der Waals surface area (Å²) in [6, 6.07) is 14.0. The number of halogens is 3. The van der Waals surface area contributed by atoms with Crippen molar-refractivity contribution in [1.29, 1.82) is 0 Å². The molecule has 0 aliphatic rings. The van der Waals surface area contributed by atoms with Gasteiger partial charge >= 0.3 is 0 Å². The van der Waals surface area contributed by atoms with Crippen LogP contribution in [0, 0.1) is 17.5 Å². The molecule has 0 saturated heterocycles. The van der Waals surface area contributed by atoms with Crippen LogP contribution in [0.15, 0.2) is 58.3 Å². The Labute approximate surface area is 200 Å². The summed E-state index contributed by atoms with van der Waals surface area (Å²) in [5.41, 5.74) is 0.739. The minimum atomic E-state index is -4.79. The van der Waals surface area contributed by atoms with Crippen LogP contribution in [-0.4, -0.2) is 28.4 Å².